The number of pyridine rings is 3. The standard InChI is InChI=1S/C22H22N6O3.C6H3Cl2NO2/c1-24-22(31)16-12-26-20(28-19-8-7-14(10-23)11-25-19)9-17(16)27-21(18(30)13-29)15-5-3-2-4-6-15;7-4-1-5(8)9-2-3(4)6(10)11/h2-9,11-12,18,21,29-30H,13H2,1H3,(H,24,31)(H2,25,26,27,28);1-2H,(H,10,11)/t18-,21+;/m1./s1. The van der Waals surface area contributed by atoms with Crippen molar-refractivity contribution in [3.05, 3.63) is 106 Å². The van der Waals surface area contributed by atoms with Gasteiger partial charge in [0.05, 0.1) is 40.0 Å². The Bertz CT molecular complexity index is 1570. The minimum absolute atomic E-state index is 0.0453. The van der Waals surface area contributed by atoms with Crippen molar-refractivity contribution in [3.8, 4) is 6.07 Å². The molecule has 42 heavy (non-hydrogen) atoms. The molecule has 0 saturated heterocycles. The summed E-state index contributed by atoms with van der Waals surface area (Å²) in [6.45, 7) is -0.465. The van der Waals surface area contributed by atoms with E-state index in [0.717, 1.165) is 11.8 Å². The molecule has 4 aromatic rings. The number of anilines is 3. The number of hydrogen-bond acceptors (Lipinski definition) is 10. The zero-order valence-electron chi connectivity index (χ0n) is 22.0. The number of nitrogens with one attached hydrogen (secondary N) is 3. The first-order valence-corrected chi connectivity index (χ1v) is 12.9. The number of aromatic nitrogens is 3. The Morgan fingerprint density at radius 2 is 1.67 bits per heavy atom. The van der Waals surface area contributed by atoms with Crippen LogP contribution in [0.2, 0.25) is 10.2 Å². The minimum Gasteiger partial charge on any atom is -0.478 e. The zero-order valence-corrected chi connectivity index (χ0v) is 23.5. The van der Waals surface area contributed by atoms with E-state index in [1.54, 1.807) is 18.2 Å². The van der Waals surface area contributed by atoms with E-state index in [4.69, 9.17) is 33.6 Å². The van der Waals surface area contributed by atoms with Crippen molar-refractivity contribution in [2.24, 2.45) is 0 Å². The smallest absolute Gasteiger partial charge is 0.338 e. The highest BCUT2D eigenvalue weighted by molar-refractivity contribution is 6.35. The van der Waals surface area contributed by atoms with E-state index >= 15 is 0 Å². The average Bonchev–Trinajstić information content (AvgIpc) is 3.00. The number of aliphatic hydroxyl groups excluding tert-OH is 2. The number of aromatic carboxylic acids is 1. The molecule has 0 aliphatic carbocycles. The van der Waals surface area contributed by atoms with Gasteiger partial charge in [-0.15, -0.1) is 0 Å². The molecule has 1 aromatic carbocycles. The molecule has 12 nitrogen and oxygen atoms in total. The van der Waals surface area contributed by atoms with Gasteiger partial charge in [-0.25, -0.2) is 19.7 Å². The van der Waals surface area contributed by atoms with Gasteiger partial charge in [0.2, 0.25) is 0 Å². The maximum absolute atomic E-state index is 12.4. The lowest BCUT2D eigenvalue weighted by molar-refractivity contribution is 0.0696. The molecule has 0 aliphatic heterocycles. The number of halogens is 2. The van der Waals surface area contributed by atoms with Crippen LogP contribution < -0.4 is 16.0 Å². The predicted octanol–water partition coefficient (Wildman–Crippen LogP) is 4.04. The van der Waals surface area contributed by atoms with E-state index in [1.807, 2.05) is 36.4 Å². The molecule has 4 rings (SSSR count). The number of nitrogens with zero attached hydrogens (tertiary/aromatic N) is 4. The lowest BCUT2D eigenvalue weighted by Gasteiger charge is -2.25. The highest BCUT2D eigenvalue weighted by Gasteiger charge is 2.23. The molecule has 3 aromatic heterocycles. The Labute approximate surface area is 250 Å². The summed E-state index contributed by atoms with van der Waals surface area (Å²) in [7, 11) is 1.51. The molecule has 3 heterocycles. The van der Waals surface area contributed by atoms with Gasteiger partial charge in [-0.05, 0) is 23.8 Å². The highest BCUT2D eigenvalue weighted by Crippen LogP contribution is 2.28. The van der Waals surface area contributed by atoms with Gasteiger partial charge in [-0.1, -0.05) is 53.5 Å². The van der Waals surface area contributed by atoms with Crippen LogP contribution in [0.3, 0.4) is 0 Å². The number of carboxylic acids is 1. The summed E-state index contributed by atoms with van der Waals surface area (Å²) in [5.74, 6) is -0.597. The number of rotatable bonds is 9. The Hall–Kier alpha value is -4.80. The quantitative estimate of drug-likeness (QED) is 0.150. The van der Waals surface area contributed by atoms with Gasteiger partial charge in [0.1, 0.15) is 29.0 Å². The average molecular weight is 610 g/mol. The number of carbonyl (C=O) groups excluding carboxylic acids is 1. The Kier molecular flexibility index (Phi) is 11.5. The fraction of sp³-hybridized carbons (Fsp3) is 0.143. The second-order valence-electron chi connectivity index (χ2n) is 8.44. The first-order chi connectivity index (χ1) is 20.2. The summed E-state index contributed by atoms with van der Waals surface area (Å²) in [4.78, 5) is 34.7. The first-order valence-electron chi connectivity index (χ1n) is 12.2. The van der Waals surface area contributed by atoms with Crippen LogP contribution in [0.25, 0.3) is 0 Å². The predicted molar refractivity (Wildman–Crippen MR) is 157 cm³/mol. The third-order valence-electron chi connectivity index (χ3n) is 5.62. The molecule has 0 unspecified atom stereocenters. The number of benzene rings is 1. The summed E-state index contributed by atoms with van der Waals surface area (Å²) < 4.78 is 0. The van der Waals surface area contributed by atoms with Gasteiger partial charge in [-0.3, -0.25) is 4.79 Å². The SMILES string of the molecule is CNC(=O)c1cnc(Nc2ccc(C#N)cn2)cc1N[C@@H](c1ccccc1)[C@H](O)CO.O=C(O)c1cnc(Cl)cc1Cl. The maximum atomic E-state index is 12.4. The van der Waals surface area contributed by atoms with Crippen LogP contribution in [-0.4, -0.2) is 61.9 Å². The zero-order chi connectivity index (χ0) is 30.6. The molecule has 14 heteroatoms. The second-order valence-corrected chi connectivity index (χ2v) is 9.23. The van der Waals surface area contributed by atoms with E-state index in [0.29, 0.717) is 22.9 Å². The number of carboxylic acid groups (broad SMARTS) is 1. The van der Waals surface area contributed by atoms with Gasteiger partial charge in [-0.2, -0.15) is 5.26 Å². The molecule has 0 fully saturated rings. The van der Waals surface area contributed by atoms with Crippen molar-refractivity contribution in [3.63, 3.8) is 0 Å². The molecule has 2 atom stereocenters. The molecule has 0 aliphatic rings. The van der Waals surface area contributed by atoms with Gasteiger partial charge >= 0.3 is 5.97 Å². The molecular formula is C28H25Cl2N7O5. The summed E-state index contributed by atoms with van der Waals surface area (Å²) in [6.07, 6.45) is 2.85. The first kappa shape index (κ1) is 31.7. The van der Waals surface area contributed by atoms with Crippen molar-refractivity contribution < 1.29 is 24.9 Å². The topological polar surface area (TPSA) is 193 Å². The molecule has 0 spiro atoms. The van der Waals surface area contributed by atoms with Crippen molar-refractivity contribution >= 4 is 52.4 Å². The maximum Gasteiger partial charge on any atom is 0.338 e. The Balaban J connectivity index is 0.000000369. The summed E-state index contributed by atoms with van der Waals surface area (Å²) >= 11 is 11.0. The summed E-state index contributed by atoms with van der Waals surface area (Å²) in [5.41, 5.74) is 1.81. The van der Waals surface area contributed by atoms with Crippen molar-refractivity contribution in [2.75, 3.05) is 24.3 Å². The van der Waals surface area contributed by atoms with Crippen LogP contribution in [0.4, 0.5) is 17.3 Å². The number of hydrogen-bond donors (Lipinski definition) is 6. The number of amides is 1. The van der Waals surface area contributed by atoms with E-state index in [2.05, 4.69) is 30.9 Å². The lowest BCUT2D eigenvalue weighted by atomic mass is 10.0. The molecular weight excluding hydrogens is 585 g/mol. The van der Waals surface area contributed by atoms with Crippen molar-refractivity contribution in [1.82, 2.24) is 20.3 Å². The van der Waals surface area contributed by atoms with Gasteiger partial charge in [0, 0.05) is 31.7 Å². The second kappa shape index (κ2) is 15.3. The highest BCUT2D eigenvalue weighted by atomic mass is 35.5. The molecule has 6 N–H and O–H groups in total. The largest absolute Gasteiger partial charge is 0.478 e. The van der Waals surface area contributed by atoms with Crippen LogP contribution >= 0.6 is 23.2 Å². The van der Waals surface area contributed by atoms with Crippen molar-refractivity contribution in [1.29, 1.82) is 5.26 Å². The summed E-state index contributed by atoms with van der Waals surface area (Å²) in [5, 5.41) is 46.3. The Morgan fingerprint density at radius 3 is 2.24 bits per heavy atom. The molecule has 0 bridgehead atoms. The number of carbonyl (C=O) groups is 2. The third-order valence-corrected chi connectivity index (χ3v) is 6.14. The van der Waals surface area contributed by atoms with Gasteiger partial charge in [0.25, 0.3) is 5.91 Å². The number of aliphatic hydroxyl groups is 2. The van der Waals surface area contributed by atoms with Gasteiger partial charge in [0.15, 0.2) is 0 Å². The van der Waals surface area contributed by atoms with Gasteiger partial charge < -0.3 is 31.3 Å². The van der Waals surface area contributed by atoms with Crippen LogP contribution in [0.5, 0.6) is 0 Å². The van der Waals surface area contributed by atoms with E-state index in [1.165, 1.54) is 25.5 Å². The van der Waals surface area contributed by atoms with Crippen molar-refractivity contribution in [2.45, 2.75) is 12.1 Å². The van der Waals surface area contributed by atoms with E-state index < -0.39 is 24.7 Å². The molecule has 216 valence electrons. The van der Waals surface area contributed by atoms with E-state index in [-0.39, 0.29) is 27.2 Å². The normalized spacial score (nSPS) is 11.6. The van der Waals surface area contributed by atoms with Crippen LogP contribution in [0.15, 0.2) is 73.2 Å². The third kappa shape index (κ3) is 8.60. The fourth-order valence-electron chi connectivity index (χ4n) is 3.52. The van der Waals surface area contributed by atoms with Crippen LogP contribution in [0, 0.1) is 11.3 Å². The van der Waals surface area contributed by atoms with E-state index in [9.17, 15) is 19.8 Å². The fourth-order valence-corrected chi connectivity index (χ4v) is 3.97. The molecule has 1 amide bonds. The summed E-state index contributed by atoms with van der Waals surface area (Å²) in [6, 6.07) is 16.6. The monoisotopic (exact) mass is 609 g/mol. The Morgan fingerprint density at radius 1 is 0.976 bits per heavy atom. The minimum atomic E-state index is -1.11. The van der Waals surface area contributed by atoms with Crippen LogP contribution in [0.1, 0.15) is 37.9 Å². The number of nitriles is 1. The van der Waals surface area contributed by atoms with Crippen LogP contribution in [-0.2, 0) is 0 Å². The molecule has 0 radical (unpaired) electrons. The molecule has 0 saturated carbocycles. The lowest BCUT2D eigenvalue weighted by Crippen LogP contribution is -2.30.